The fourth-order valence-electron chi connectivity index (χ4n) is 2.03. The number of thiazole rings is 1. The van der Waals surface area contributed by atoms with Crippen LogP contribution in [-0.2, 0) is 0 Å². The molecule has 2 rings (SSSR count). The van der Waals surface area contributed by atoms with Crippen molar-refractivity contribution >= 4 is 23.1 Å². The molecule has 0 spiro atoms. The highest BCUT2D eigenvalue weighted by Crippen LogP contribution is 2.19. The summed E-state index contributed by atoms with van der Waals surface area (Å²) in [6.45, 7) is 2.88. The molecule has 1 aromatic heterocycles. The number of likely N-dealkylation sites (N-methyl/N-ethyl adjacent to an activating group) is 1. The van der Waals surface area contributed by atoms with Gasteiger partial charge in [-0.05, 0) is 24.3 Å². The summed E-state index contributed by atoms with van der Waals surface area (Å²) in [7, 11) is 1.77. The molecular formula is C17H19N3O2S. The third kappa shape index (κ3) is 5.01. The predicted molar refractivity (Wildman–Crippen MR) is 92.9 cm³/mol. The monoisotopic (exact) mass is 329 g/mol. The number of aromatic nitrogens is 1. The van der Waals surface area contributed by atoms with E-state index in [2.05, 4.69) is 23.1 Å². The maximum absolute atomic E-state index is 12.2. The molecule has 1 heterocycles. The van der Waals surface area contributed by atoms with Crippen molar-refractivity contribution in [3.8, 4) is 18.1 Å². The summed E-state index contributed by atoms with van der Waals surface area (Å²) in [5.41, 5.74) is 0.705. The van der Waals surface area contributed by atoms with E-state index in [1.54, 1.807) is 53.7 Å². The van der Waals surface area contributed by atoms with Crippen LogP contribution in [0.3, 0.4) is 0 Å². The molecule has 0 saturated heterocycles. The van der Waals surface area contributed by atoms with Crippen LogP contribution in [-0.4, -0.2) is 36.1 Å². The van der Waals surface area contributed by atoms with Crippen LogP contribution in [0.15, 0.2) is 35.8 Å². The number of urea groups is 1. The maximum Gasteiger partial charge on any atom is 0.321 e. The zero-order chi connectivity index (χ0) is 16.7. The third-order valence-corrected chi connectivity index (χ3v) is 4.20. The minimum absolute atomic E-state index is 0.161. The Morgan fingerprint density at radius 1 is 1.48 bits per heavy atom. The second-order valence-electron chi connectivity index (χ2n) is 5.10. The minimum atomic E-state index is -0.161. The standard InChI is InChI=1S/C17H19N3O2S/c1-4-10-22-15-7-5-14(6-8-15)19-17(21)20(3)12-13(2)16-18-9-11-23-16/h1,5-9,11,13H,10,12H2,2-3H3,(H,19,21). The topological polar surface area (TPSA) is 54.5 Å². The van der Waals surface area contributed by atoms with Crippen LogP contribution < -0.4 is 10.1 Å². The van der Waals surface area contributed by atoms with Crippen molar-refractivity contribution < 1.29 is 9.53 Å². The smallest absolute Gasteiger partial charge is 0.321 e. The van der Waals surface area contributed by atoms with Gasteiger partial charge in [0.15, 0.2) is 0 Å². The minimum Gasteiger partial charge on any atom is -0.481 e. The fraction of sp³-hybridized carbons (Fsp3) is 0.294. The number of hydrogen-bond acceptors (Lipinski definition) is 4. The maximum atomic E-state index is 12.2. The number of carbonyl (C=O) groups excluding carboxylic acids is 1. The molecule has 0 saturated carbocycles. The first-order valence-electron chi connectivity index (χ1n) is 7.18. The molecule has 6 heteroatoms. The molecule has 1 aromatic carbocycles. The van der Waals surface area contributed by atoms with Gasteiger partial charge in [-0.2, -0.15) is 0 Å². The number of anilines is 1. The second-order valence-corrected chi connectivity index (χ2v) is 6.03. The number of nitrogens with zero attached hydrogens (tertiary/aromatic N) is 2. The van der Waals surface area contributed by atoms with Crippen LogP contribution in [0.2, 0.25) is 0 Å². The van der Waals surface area contributed by atoms with Crippen molar-refractivity contribution in [2.24, 2.45) is 0 Å². The molecule has 0 aliphatic rings. The lowest BCUT2D eigenvalue weighted by Crippen LogP contribution is -2.34. The van der Waals surface area contributed by atoms with Crippen molar-refractivity contribution in [3.05, 3.63) is 40.8 Å². The van der Waals surface area contributed by atoms with E-state index < -0.39 is 0 Å². The first kappa shape index (κ1) is 16.8. The predicted octanol–water partition coefficient (Wildman–Crippen LogP) is 3.42. The van der Waals surface area contributed by atoms with Crippen molar-refractivity contribution in [3.63, 3.8) is 0 Å². The number of ether oxygens (including phenoxy) is 1. The fourth-order valence-corrected chi connectivity index (χ4v) is 2.72. The van der Waals surface area contributed by atoms with Crippen molar-refractivity contribution in [1.29, 1.82) is 0 Å². The normalized spacial score (nSPS) is 11.3. The Labute approximate surface area is 140 Å². The molecule has 5 nitrogen and oxygen atoms in total. The molecule has 2 aromatic rings. The SMILES string of the molecule is C#CCOc1ccc(NC(=O)N(C)CC(C)c2nccs2)cc1. The van der Waals surface area contributed by atoms with Crippen molar-refractivity contribution in [1.82, 2.24) is 9.88 Å². The lowest BCUT2D eigenvalue weighted by atomic mass is 10.2. The zero-order valence-corrected chi connectivity index (χ0v) is 14.0. The van der Waals surface area contributed by atoms with E-state index in [1.807, 2.05) is 5.38 Å². The van der Waals surface area contributed by atoms with E-state index in [4.69, 9.17) is 11.2 Å². The first-order valence-corrected chi connectivity index (χ1v) is 8.06. The summed E-state index contributed by atoms with van der Waals surface area (Å²) >= 11 is 1.60. The van der Waals surface area contributed by atoms with Gasteiger partial charge in [-0.15, -0.1) is 17.8 Å². The number of hydrogen-bond donors (Lipinski definition) is 1. The summed E-state index contributed by atoms with van der Waals surface area (Å²) in [4.78, 5) is 18.1. The lowest BCUT2D eigenvalue weighted by molar-refractivity contribution is 0.220. The zero-order valence-electron chi connectivity index (χ0n) is 13.2. The molecule has 23 heavy (non-hydrogen) atoms. The number of benzene rings is 1. The molecular weight excluding hydrogens is 310 g/mol. The van der Waals surface area contributed by atoms with Gasteiger partial charge in [-0.1, -0.05) is 12.8 Å². The van der Waals surface area contributed by atoms with Crippen LogP contribution in [0, 0.1) is 12.3 Å². The van der Waals surface area contributed by atoms with Crippen LogP contribution in [0.25, 0.3) is 0 Å². The molecule has 0 fully saturated rings. The Balaban J connectivity index is 1.87. The molecule has 120 valence electrons. The van der Waals surface area contributed by atoms with E-state index >= 15 is 0 Å². The highest BCUT2D eigenvalue weighted by molar-refractivity contribution is 7.09. The van der Waals surface area contributed by atoms with Gasteiger partial charge in [0.1, 0.15) is 12.4 Å². The van der Waals surface area contributed by atoms with Crippen molar-refractivity contribution in [2.75, 3.05) is 25.5 Å². The highest BCUT2D eigenvalue weighted by atomic mass is 32.1. The lowest BCUT2D eigenvalue weighted by Gasteiger charge is -2.21. The van der Waals surface area contributed by atoms with E-state index in [-0.39, 0.29) is 18.6 Å². The van der Waals surface area contributed by atoms with Gasteiger partial charge in [0.2, 0.25) is 0 Å². The number of carbonyl (C=O) groups is 1. The van der Waals surface area contributed by atoms with Gasteiger partial charge in [0.25, 0.3) is 0 Å². The number of nitrogens with one attached hydrogen (secondary N) is 1. The van der Waals surface area contributed by atoms with Gasteiger partial charge in [-0.3, -0.25) is 0 Å². The van der Waals surface area contributed by atoms with E-state index in [0.29, 0.717) is 18.0 Å². The van der Waals surface area contributed by atoms with Crippen LogP contribution in [0.5, 0.6) is 5.75 Å². The summed E-state index contributed by atoms with van der Waals surface area (Å²) in [6, 6.07) is 6.94. The Hall–Kier alpha value is -2.52. The Kier molecular flexibility index (Phi) is 6.01. The van der Waals surface area contributed by atoms with Crippen LogP contribution in [0.1, 0.15) is 17.8 Å². The average molecular weight is 329 g/mol. The van der Waals surface area contributed by atoms with E-state index in [0.717, 1.165) is 5.01 Å². The summed E-state index contributed by atoms with van der Waals surface area (Å²) in [5.74, 6) is 3.28. The highest BCUT2D eigenvalue weighted by Gasteiger charge is 2.15. The average Bonchev–Trinajstić information content (AvgIpc) is 3.08. The van der Waals surface area contributed by atoms with Gasteiger partial charge in [0, 0.05) is 36.8 Å². The van der Waals surface area contributed by atoms with Crippen LogP contribution in [0.4, 0.5) is 10.5 Å². The quantitative estimate of drug-likeness (QED) is 0.826. The molecule has 1 unspecified atom stereocenters. The van der Waals surface area contributed by atoms with Gasteiger partial charge >= 0.3 is 6.03 Å². The van der Waals surface area contributed by atoms with Gasteiger partial charge < -0.3 is 15.0 Å². The summed E-state index contributed by atoms with van der Waals surface area (Å²) in [6.07, 6.45) is 6.92. The Morgan fingerprint density at radius 2 is 2.22 bits per heavy atom. The van der Waals surface area contributed by atoms with Crippen LogP contribution >= 0.6 is 11.3 Å². The van der Waals surface area contributed by atoms with E-state index in [1.165, 1.54) is 0 Å². The Bertz CT molecular complexity index is 662. The van der Waals surface area contributed by atoms with E-state index in [9.17, 15) is 4.79 Å². The molecule has 1 N–H and O–H groups in total. The molecule has 0 aliphatic heterocycles. The number of amides is 2. The Morgan fingerprint density at radius 3 is 2.83 bits per heavy atom. The molecule has 2 amide bonds. The number of rotatable bonds is 6. The van der Waals surface area contributed by atoms with Gasteiger partial charge in [0.05, 0.1) is 5.01 Å². The molecule has 0 radical (unpaired) electrons. The molecule has 0 aliphatic carbocycles. The van der Waals surface area contributed by atoms with Gasteiger partial charge in [-0.25, -0.2) is 9.78 Å². The molecule has 1 atom stereocenters. The third-order valence-electron chi connectivity index (χ3n) is 3.20. The summed E-state index contributed by atoms with van der Waals surface area (Å²) in [5, 5.41) is 5.82. The largest absolute Gasteiger partial charge is 0.481 e. The number of terminal acetylenes is 1. The van der Waals surface area contributed by atoms with Crippen molar-refractivity contribution in [2.45, 2.75) is 12.8 Å². The summed E-state index contributed by atoms with van der Waals surface area (Å²) < 4.78 is 5.29. The molecule has 0 bridgehead atoms. The first-order chi connectivity index (χ1) is 11.1. The second kappa shape index (κ2) is 8.20.